The highest BCUT2D eigenvalue weighted by Gasteiger charge is 2.46. The summed E-state index contributed by atoms with van der Waals surface area (Å²) in [5, 5.41) is 0. The number of anilines is 2. The normalized spacial score (nSPS) is 20.0. The van der Waals surface area contributed by atoms with E-state index in [2.05, 4.69) is 4.90 Å². The molecule has 7 heteroatoms. The van der Waals surface area contributed by atoms with Crippen molar-refractivity contribution in [3.63, 3.8) is 0 Å². The molecule has 2 aromatic carbocycles. The third kappa shape index (κ3) is 3.80. The van der Waals surface area contributed by atoms with Gasteiger partial charge in [0.1, 0.15) is 5.75 Å². The fraction of sp³-hybridized carbons (Fsp3) is 0.348. The Morgan fingerprint density at radius 1 is 0.967 bits per heavy atom. The first kappa shape index (κ1) is 20.1. The number of rotatable bonds is 5. The molecule has 1 atom stereocenters. The van der Waals surface area contributed by atoms with E-state index in [1.54, 1.807) is 38.3 Å². The second-order valence-corrected chi connectivity index (χ2v) is 7.77. The molecule has 0 saturated carbocycles. The number of ketones is 1. The van der Waals surface area contributed by atoms with E-state index in [1.165, 1.54) is 4.90 Å². The summed E-state index contributed by atoms with van der Waals surface area (Å²) >= 11 is 0. The number of hydrogen-bond acceptors (Lipinski definition) is 5. The molecule has 1 N–H and O–H groups in total. The molecule has 0 bridgehead atoms. The third-order valence-electron chi connectivity index (χ3n) is 6.01. The Kier molecular flexibility index (Phi) is 5.55. The van der Waals surface area contributed by atoms with E-state index < -0.39 is 0 Å². The van der Waals surface area contributed by atoms with Crippen LogP contribution in [0.5, 0.6) is 5.75 Å². The summed E-state index contributed by atoms with van der Waals surface area (Å²) < 4.78 is 5.15. The molecule has 0 radical (unpaired) electrons. The predicted octanol–water partition coefficient (Wildman–Crippen LogP) is 0.935. The number of amides is 2. The Labute approximate surface area is 175 Å². The van der Waals surface area contributed by atoms with Gasteiger partial charge in [0.05, 0.1) is 45.4 Å². The van der Waals surface area contributed by atoms with Crippen molar-refractivity contribution >= 4 is 29.0 Å². The quantitative estimate of drug-likeness (QED) is 0.589. The van der Waals surface area contributed by atoms with Crippen LogP contribution in [-0.4, -0.2) is 56.9 Å². The van der Waals surface area contributed by atoms with Gasteiger partial charge in [-0.05, 0) is 55.5 Å². The average Bonchev–Trinajstić information content (AvgIpc) is 3.08. The van der Waals surface area contributed by atoms with Gasteiger partial charge in [0.15, 0.2) is 11.8 Å². The highest BCUT2D eigenvalue weighted by molar-refractivity contribution is 6.21. The molecular weight excluding hydrogens is 382 g/mol. The summed E-state index contributed by atoms with van der Waals surface area (Å²) in [6, 6.07) is 14.3. The molecule has 156 valence electrons. The van der Waals surface area contributed by atoms with Crippen molar-refractivity contribution in [1.29, 1.82) is 0 Å². The first-order chi connectivity index (χ1) is 14.5. The smallest absolute Gasteiger partial charge is 0.292 e. The maximum atomic E-state index is 13.0. The van der Waals surface area contributed by atoms with Gasteiger partial charge in [0.2, 0.25) is 5.91 Å². The zero-order valence-electron chi connectivity index (χ0n) is 17.3. The van der Waals surface area contributed by atoms with E-state index in [4.69, 9.17) is 4.74 Å². The minimum Gasteiger partial charge on any atom is -0.497 e. The monoisotopic (exact) mass is 408 g/mol. The predicted molar refractivity (Wildman–Crippen MR) is 113 cm³/mol. The molecule has 0 unspecified atom stereocenters. The van der Waals surface area contributed by atoms with Crippen molar-refractivity contribution < 1.29 is 24.0 Å². The topological polar surface area (TPSA) is 71.4 Å². The first-order valence-corrected chi connectivity index (χ1v) is 10.2. The highest BCUT2D eigenvalue weighted by Crippen LogP contribution is 2.24. The van der Waals surface area contributed by atoms with E-state index in [-0.39, 0.29) is 30.1 Å². The Bertz CT molecular complexity index is 947. The molecule has 2 aliphatic heterocycles. The molecule has 4 rings (SSSR count). The summed E-state index contributed by atoms with van der Waals surface area (Å²) in [5.41, 5.74) is 2.38. The second kappa shape index (κ2) is 8.28. The lowest BCUT2D eigenvalue weighted by Gasteiger charge is -2.35. The van der Waals surface area contributed by atoms with Gasteiger partial charge in [-0.25, -0.2) is 4.90 Å². The van der Waals surface area contributed by atoms with Crippen molar-refractivity contribution in [1.82, 2.24) is 0 Å². The van der Waals surface area contributed by atoms with E-state index in [0.29, 0.717) is 17.0 Å². The third-order valence-corrected chi connectivity index (χ3v) is 6.01. The number of carbonyl (C=O) groups excluding carboxylic acids is 3. The summed E-state index contributed by atoms with van der Waals surface area (Å²) in [7, 11) is 1.58. The SMILES string of the molecule is COc1ccc(N2C(=O)C[C@H]([NH+]3CCN(c4ccc(C(C)=O)cc4)CC3)C2=O)cc1. The molecule has 0 aromatic heterocycles. The van der Waals surface area contributed by atoms with Gasteiger partial charge in [-0.15, -0.1) is 0 Å². The summed E-state index contributed by atoms with van der Waals surface area (Å²) in [6.07, 6.45) is 0.244. The minimum absolute atomic E-state index is 0.0571. The molecule has 7 nitrogen and oxygen atoms in total. The van der Waals surface area contributed by atoms with Crippen LogP contribution in [0.1, 0.15) is 23.7 Å². The number of nitrogens with one attached hydrogen (secondary N) is 1. The van der Waals surface area contributed by atoms with Crippen LogP contribution in [-0.2, 0) is 9.59 Å². The minimum atomic E-state index is -0.332. The fourth-order valence-electron chi connectivity index (χ4n) is 4.26. The van der Waals surface area contributed by atoms with Gasteiger partial charge in [0.25, 0.3) is 5.91 Å². The standard InChI is InChI=1S/C23H25N3O4/c1-16(27)17-3-5-18(6-4-17)24-11-13-25(14-12-24)21-15-22(28)26(23(21)29)19-7-9-20(30-2)10-8-19/h3-10,21H,11-15H2,1-2H3/p+1/t21-/m0/s1. The number of piperazine rings is 1. The Balaban J connectivity index is 1.40. The van der Waals surface area contributed by atoms with Crippen LogP contribution >= 0.6 is 0 Å². The number of nitrogens with zero attached hydrogens (tertiary/aromatic N) is 2. The van der Waals surface area contributed by atoms with Crippen molar-refractivity contribution in [3.8, 4) is 5.75 Å². The zero-order chi connectivity index (χ0) is 21.3. The highest BCUT2D eigenvalue weighted by atomic mass is 16.5. The van der Waals surface area contributed by atoms with Crippen LogP contribution < -0.4 is 19.4 Å². The van der Waals surface area contributed by atoms with Crippen LogP contribution in [0.15, 0.2) is 48.5 Å². The van der Waals surface area contributed by atoms with Gasteiger partial charge in [-0.1, -0.05) is 0 Å². The number of hydrogen-bond donors (Lipinski definition) is 1. The number of ether oxygens (including phenoxy) is 1. The molecule has 2 aliphatic rings. The lowest BCUT2D eigenvalue weighted by molar-refractivity contribution is -0.915. The van der Waals surface area contributed by atoms with Crippen LogP contribution in [0, 0.1) is 0 Å². The van der Waals surface area contributed by atoms with Crippen LogP contribution in [0.3, 0.4) is 0 Å². The summed E-state index contributed by atoms with van der Waals surface area (Å²) in [5.74, 6) is 0.471. The maximum absolute atomic E-state index is 13.0. The van der Waals surface area contributed by atoms with Crippen molar-refractivity contribution in [2.75, 3.05) is 43.1 Å². The summed E-state index contributed by atoms with van der Waals surface area (Å²) in [4.78, 5) is 41.8. The molecule has 2 amide bonds. The van der Waals surface area contributed by atoms with E-state index in [1.807, 2.05) is 24.3 Å². The lowest BCUT2D eigenvalue weighted by atomic mass is 10.1. The molecule has 2 saturated heterocycles. The van der Waals surface area contributed by atoms with Gasteiger partial charge >= 0.3 is 0 Å². The van der Waals surface area contributed by atoms with Gasteiger partial charge in [0, 0.05) is 11.3 Å². The molecule has 2 aromatic rings. The van der Waals surface area contributed by atoms with Gasteiger partial charge in [-0.3, -0.25) is 14.4 Å². The van der Waals surface area contributed by atoms with Crippen LogP contribution in [0.4, 0.5) is 11.4 Å². The van der Waals surface area contributed by atoms with Crippen LogP contribution in [0.2, 0.25) is 0 Å². The average molecular weight is 408 g/mol. The molecule has 30 heavy (non-hydrogen) atoms. The number of methoxy groups -OCH3 is 1. The molecule has 2 heterocycles. The van der Waals surface area contributed by atoms with E-state index in [0.717, 1.165) is 36.8 Å². The van der Waals surface area contributed by atoms with Gasteiger partial charge in [-0.2, -0.15) is 0 Å². The fourth-order valence-corrected chi connectivity index (χ4v) is 4.26. The Hall–Kier alpha value is -3.19. The molecule has 0 aliphatic carbocycles. The van der Waals surface area contributed by atoms with E-state index in [9.17, 15) is 14.4 Å². The van der Waals surface area contributed by atoms with Gasteiger partial charge < -0.3 is 14.5 Å². The number of imide groups is 1. The maximum Gasteiger partial charge on any atom is 0.292 e. The van der Waals surface area contributed by atoms with Crippen molar-refractivity contribution in [3.05, 3.63) is 54.1 Å². The first-order valence-electron chi connectivity index (χ1n) is 10.2. The molecule has 2 fully saturated rings. The molecule has 0 spiro atoms. The van der Waals surface area contributed by atoms with Crippen LogP contribution in [0.25, 0.3) is 0 Å². The number of benzene rings is 2. The number of quaternary nitrogens is 1. The number of Topliss-reactive ketones (excluding diaryl/α,β-unsaturated/α-hetero) is 1. The van der Waals surface area contributed by atoms with Crippen molar-refractivity contribution in [2.45, 2.75) is 19.4 Å². The zero-order valence-corrected chi connectivity index (χ0v) is 17.3. The summed E-state index contributed by atoms with van der Waals surface area (Å²) in [6.45, 7) is 4.74. The Morgan fingerprint density at radius 2 is 1.57 bits per heavy atom. The molecular formula is C23H26N3O4+. The van der Waals surface area contributed by atoms with E-state index >= 15 is 0 Å². The second-order valence-electron chi connectivity index (χ2n) is 7.77. The largest absolute Gasteiger partial charge is 0.497 e. The van der Waals surface area contributed by atoms with Crippen molar-refractivity contribution in [2.24, 2.45) is 0 Å². The Morgan fingerprint density at radius 3 is 2.13 bits per heavy atom. The lowest BCUT2D eigenvalue weighted by Crippen LogP contribution is -3.19. The number of carbonyl (C=O) groups is 3.